The molecular weight excluding hydrogens is 278 g/mol. The zero-order chi connectivity index (χ0) is 16.2. The first-order valence-corrected chi connectivity index (χ1v) is 8.19. The molecule has 1 saturated heterocycles. The molecule has 2 fully saturated rings. The average molecular weight is 303 g/mol. The predicted octanol–water partition coefficient (Wildman–Crippen LogP) is 2.09. The molecule has 1 unspecified atom stereocenters. The molecule has 0 bridgehead atoms. The maximum atomic E-state index is 12.6. The third-order valence-electron chi connectivity index (χ3n) is 6.03. The summed E-state index contributed by atoms with van der Waals surface area (Å²) in [4.78, 5) is 26.6. The summed E-state index contributed by atoms with van der Waals surface area (Å²) < 4.78 is 0. The van der Waals surface area contributed by atoms with Gasteiger partial charge in [0.2, 0.25) is 5.91 Å². The zero-order valence-corrected chi connectivity index (χ0v) is 13.6. The number of piperidine rings is 1. The monoisotopic (exact) mass is 303 g/mol. The van der Waals surface area contributed by atoms with E-state index in [4.69, 9.17) is 0 Å². The quantitative estimate of drug-likeness (QED) is 0.596. The Morgan fingerprint density at radius 2 is 1.77 bits per heavy atom. The van der Waals surface area contributed by atoms with Gasteiger partial charge in [-0.1, -0.05) is 38.2 Å². The van der Waals surface area contributed by atoms with Crippen LogP contribution < -0.4 is 0 Å². The van der Waals surface area contributed by atoms with Crippen LogP contribution in [0, 0.1) is 16.7 Å². The molecule has 3 rings (SSSR count). The van der Waals surface area contributed by atoms with Crippen molar-refractivity contribution in [2.45, 2.75) is 45.1 Å². The van der Waals surface area contributed by atoms with Gasteiger partial charge in [0.1, 0.15) is 5.41 Å². The lowest BCUT2D eigenvalue weighted by Crippen LogP contribution is -2.53. The molecule has 1 atom stereocenters. The Kier molecular flexibility index (Phi) is 3.37. The molecule has 0 aromatic heterocycles. The number of carbonyl (C=O) groups is 2. The maximum Gasteiger partial charge on any atom is 0.243 e. The number of ketones is 1. The molecule has 1 N–H and O–H groups in total. The summed E-state index contributed by atoms with van der Waals surface area (Å²) >= 11 is 0. The van der Waals surface area contributed by atoms with Gasteiger partial charge in [0.25, 0.3) is 0 Å². The fraction of sp³-hybridized carbons (Fsp3) is 0.667. The average Bonchev–Trinajstić information content (AvgIpc) is 2.82. The second-order valence-electron chi connectivity index (χ2n) is 7.41. The highest BCUT2D eigenvalue weighted by molar-refractivity contribution is 6.12. The van der Waals surface area contributed by atoms with Gasteiger partial charge in [-0.05, 0) is 25.2 Å². The molecule has 0 radical (unpaired) electrons. The molecule has 0 aromatic carbocycles. The fourth-order valence-corrected chi connectivity index (χ4v) is 4.39. The van der Waals surface area contributed by atoms with Crippen LogP contribution in [0.25, 0.3) is 0 Å². The number of hydrogen-bond acceptors (Lipinski definition) is 3. The highest BCUT2D eigenvalue weighted by Gasteiger charge is 2.56. The van der Waals surface area contributed by atoms with Gasteiger partial charge < -0.3 is 10.0 Å². The van der Waals surface area contributed by atoms with E-state index in [2.05, 4.69) is 0 Å². The molecule has 1 saturated carbocycles. The molecule has 2 spiro atoms. The Morgan fingerprint density at radius 1 is 1.14 bits per heavy atom. The summed E-state index contributed by atoms with van der Waals surface area (Å²) in [5.41, 5.74) is -2.38. The number of likely N-dealkylation sites (tertiary alicyclic amines) is 1. The van der Waals surface area contributed by atoms with Crippen LogP contribution in [0.5, 0.6) is 0 Å². The lowest BCUT2D eigenvalue weighted by molar-refractivity contribution is -0.147. The number of aliphatic hydroxyl groups is 1. The van der Waals surface area contributed by atoms with Crippen molar-refractivity contribution in [2.75, 3.05) is 13.6 Å². The second kappa shape index (κ2) is 4.79. The van der Waals surface area contributed by atoms with Crippen LogP contribution in [-0.4, -0.2) is 40.9 Å². The first-order chi connectivity index (χ1) is 10.3. The first-order valence-electron chi connectivity index (χ1n) is 8.19. The summed E-state index contributed by atoms with van der Waals surface area (Å²) in [7, 11) is 1.74. The normalized spacial score (nSPS) is 41.4. The smallest absolute Gasteiger partial charge is 0.243 e. The third-order valence-corrected chi connectivity index (χ3v) is 6.03. The van der Waals surface area contributed by atoms with Crippen molar-refractivity contribution in [3.8, 4) is 0 Å². The van der Waals surface area contributed by atoms with Crippen molar-refractivity contribution in [3.63, 3.8) is 0 Å². The van der Waals surface area contributed by atoms with E-state index < -0.39 is 16.4 Å². The maximum absolute atomic E-state index is 12.6. The lowest BCUT2D eigenvalue weighted by atomic mass is 9.62. The van der Waals surface area contributed by atoms with Crippen LogP contribution >= 0.6 is 0 Å². The van der Waals surface area contributed by atoms with E-state index in [1.807, 2.05) is 26.0 Å². The van der Waals surface area contributed by atoms with E-state index in [-0.39, 0.29) is 17.6 Å². The van der Waals surface area contributed by atoms with Gasteiger partial charge in [0.15, 0.2) is 5.78 Å². The summed E-state index contributed by atoms with van der Waals surface area (Å²) in [5, 5.41) is 11.1. The van der Waals surface area contributed by atoms with Gasteiger partial charge in [-0.15, -0.1) is 0 Å². The summed E-state index contributed by atoms with van der Waals surface area (Å²) in [6, 6.07) is 0. The van der Waals surface area contributed by atoms with Gasteiger partial charge in [-0.25, -0.2) is 0 Å². The molecular formula is C18H25NO3. The zero-order valence-electron chi connectivity index (χ0n) is 13.6. The van der Waals surface area contributed by atoms with Gasteiger partial charge >= 0.3 is 0 Å². The molecule has 22 heavy (non-hydrogen) atoms. The van der Waals surface area contributed by atoms with Crippen LogP contribution in [0.1, 0.15) is 39.5 Å². The van der Waals surface area contributed by atoms with Crippen LogP contribution in [-0.2, 0) is 9.59 Å². The van der Waals surface area contributed by atoms with Crippen molar-refractivity contribution in [1.82, 2.24) is 4.90 Å². The molecule has 4 heteroatoms. The summed E-state index contributed by atoms with van der Waals surface area (Å²) in [6.07, 6.45) is 10.4. The Bertz CT molecular complexity index is 561. The highest BCUT2D eigenvalue weighted by Crippen LogP contribution is 2.55. The summed E-state index contributed by atoms with van der Waals surface area (Å²) in [5.74, 6) is -0.0694. The van der Waals surface area contributed by atoms with E-state index in [9.17, 15) is 14.7 Å². The number of nitrogens with zero attached hydrogens (tertiary/aromatic N) is 1. The van der Waals surface area contributed by atoms with Crippen molar-refractivity contribution in [3.05, 3.63) is 24.3 Å². The van der Waals surface area contributed by atoms with E-state index in [0.717, 1.165) is 19.3 Å². The highest BCUT2D eigenvalue weighted by atomic mass is 16.3. The van der Waals surface area contributed by atoms with E-state index in [1.54, 1.807) is 24.1 Å². The van der Waals surface area contributed by atoms with Crippen LogP contribution in [0.15, 0.2) is 24.3 Å². The van der Waals surface area contributed by atoms with Gasteiger partial charge in [-0.3, -0.25) is 9.59 Å². The van der Waals surface area contributed by atoms with Crippen LogP contribution in [0.4, 0.5) is 0 Å². The molecule has 3 aliphatic rings. The third kappa shape index (κ3) is 1.79. The number of rotatable bonds is 1. The first kappa shape index (κ1) is 15.5. The number of hydrogen-bond donors (Lipinski definition) is 1. The van der Waals surface area contributed by atoms with Gasteiger partial charge in [0.05, 0.1) is 5.60 Å². The second-order valence-corrected chi connectivity index (χ2v) is 7.41. The Balaban J connectivity index is 2.00. The molecule has 0 aromatic rings. The largest absolute Gasteiger partial charge is 0.388 e. The lowest BCUT2D eigenvalue weighted by Gasteiger charge is -2.45. The minimum Gasteiger partial charge on any atom is -0.388 e. The van der Waals surface area contributed by atoms with Crippen LogP contribution in [0.3, 0.4) is 0 Å². The Morgan fingerprint density at radius 3 is 2.36 bits per heavy atom. The molecule has 4 nitrogen and oxygen atoms in total. The van der Waals surface area contributed by atoms with Gasteiger partial charge in [0, 0.05) is 25.4 Å². The van der Waals surface area contributed by atoms with Crippen molar-refractivity contribution in [2.24, 2.45) is 16.7 Å². The standard InChI is InChI=1S/C18H25NO3/c1-13(2)18(22)7-4-6-16(18)8-10-17(11-9-16)14(20)5-12-19(3)15(17)21/h8-11,13,22H,4-7,12H2,1-3H3. The number of amides is 1. The van der Waals surface area contributed by atoms with E-state index in [0.29, 0.717) is 13.0 Å². The number of carbonyl (C=O) groups excluding carboxylic acids is 2. The SMILES string of the molecule is CC(C)C1(O)CCCC12C=CC1(C=C2)C(=O)CCN(C)C1=O. The van der Waals surface area contributed by atoms with Crippen molar-refractivity contribution < 1.29 is 14.7 Å². The molecule has 1 amide bonds. The van der Waals surface area contributed by atoms with E-state index in [1.165, 1.54) is 0 Å². The fourth-order valence-electron chi connectivity index (χ4n) is 4.39. The molecule has 1 aliphatic heterocycles. The molecule has 2 aliphatic carbocycles. The molecule has 120 valence electrons. The van der Waals surface area contributed by atoms with Gasteiger partial charge in [-0.2, -0.15) is 0 Å². The van der Waals surface area contributed by atoms with Crippen molar-refractivity contribution >= 4 is 11.7 Å². The Labute approximate surface area is 131 Å². The predicted molar refractivity (Wildman–Crippen MR) is 84.0 cm³/mol. The van der Waals surface area contributed by atoms with E-state index >= 15 is 0 Å². The number of Topliss-reactive ketones (excluding diaryl/α,β-unsaturated/α-hetero) is 1. The topological polar surface area (TPSA) is 57.6 Å². The minimum atomic E-state index is -1.14. The van der Waals surface area contributed by atoms with Crippen LogP contribution in [0.2, 0.25) is 0 Å². The molecule has 1 heterocycles. The minimum absolute atomic E-state index is 0.0379. The Hall–Kier alpha value is -1.42. The van der Waals surface area contributed by atoms with Crippen molar-refractivity contribution in [1.29, 1.82) is 0 Å². The summed E-state index contributed by atoms with van der Waals surface area (Å²) in [6.45, 7) is 4.55.